The summed E-state index contributed by atoms with van der Waals surface area (Å²) in [6, 6.07) is 37.0. The molecule has 0 fully saturated rings. The summed E-state index contributed by atoms with van der Waals surface area (Å²) in [6.45, 7) is 10.7. The Hall–Kier alpha value is -1.88. The average Bonchev–Trinajstić information content (AvgIpc) is 3.50. The molecule has 1 atom stereocenters. The minimum atomic E-state index is -2.50. The molecular weight excluding hydrogens is 633 g/mol. The van der Waals surface area contributed by atoms with Crippen LogP contribution in [-0.2, 0) is 12.0 Å². The Morgan fingerprint density at radius 1 is 0.690 bits per heavy atom. The molecule has 1 aliphatic heterocycles. The van der Waals surface area contributed by atoms with Crippen molar-refractivity contribution in [3.05, 3.63) is 124 Å². The summed E-state index contributed by atoms with van der Waals surface area (Å²) in [4.78, 5) is 4.49. The van der Waals surface area contributed by atoms with Crippen molar-refractivity contribution in [2.45, 2.75) is 97.5 Å². The molecule has 0 spiro atoms. The van der Waals surface area contributed by atoms with Gasteiger partial charge in [-0.15, -0.1) is 0 Å². The van der Waals surface area contributed by atoms with E-state index in [0.717, 1.165) is 13.0 Å². The van der Waals surface area contributed by atoms with Crippen molar-refractivity contribution in [1.29, 1.82) is 0 Å². The second-order valence-electron chi connectivity index (χ2n) is 12.5. The number of hydrogen-bond donors (Lipinski definition) is 0. The van der Waals surface area contributed by atoms with Gasteiger partial charge in [-0.1, -0.05) is 0 Å². The normalized spacial score (nSPS) is 16.0. The first-order chi connectivity index (χ1) is 20.6. The molecule has 0 N–H and O–H groups in total. The van der Waals surface area contributed by atoms with Gasteiger partial charge in [-0.3, -0.25) is 0 Å². The average molecular weight is 685 g/mol. The summed E-state index contributed by atoms with van der Waals surface area (Å²) in [5.41, 5.74) is 5.39. The van der Waals surface area contributed by atoms with Crippen molar-refractivity contribution >= 4 is 32.6 Å². The molecule has 3 heteroatoms. The maximum absolute atomic E-state index is 2.84. The first kappa shape index (κ1) is 31.5. The molecular formula is C39H51NSSn. The summed E-state index contributed by atoms with van der Waals surface area (Å²) in [7, 11) is 0. The number of benzene rings is 3. The topological polar surface area (TPSA) is 3.24 Å². The molecule has 3 aromatic carbocycles. The number of hydrogen-bond acceptors (Lipinski definition) is 2. The molecule has 0 amide bonds. The zero-order valence-electron chi connectivity index (χ0n) is 26.4. The van der Waals surface area contributed by atoms with Crippen LogP contribution in [0.15, 0.2) is 97.1 Å². The molecule has 1 aromatic heterocycles. The van der Waals surface area contributed by atoms with Gasteiger partial charge >= 0.3 is 266 Å². The monoisotopic (exact) mass is 685 g/mol. The van der Waals surface area contributed by atoms with E-state index in [1.54, 1.807) is 23.8 Å². The molecule has 4 aromatic rings. The minimum absolute atomic E-state index is 0.348. The molecule has 0 bridgehead atoms. The van der Waals surface area contributed by atoms with Crippen LogP contribution in [-0.4, -0.2) is 29.8 Å². The molecule has 5 rings (SSSR count). The predicted octanol–water partition coefficient (Wildman–Crippen LogP) is 10.7. The molecule has 1 aliphatic rings. The van der Waals surface area contributed by atoms with Crippen molar-refractivity contribution in [3.63, 3.8) is 0 Å². The third-order valence-corrected chi connectivity index (χ3v) is 29.4. The van der Waals surface area contributed by atoms with E-state index in [9.17, 15) is 0 Å². The Balaban J connectivity index is 1.65. The van der Waals surface area contributed by atoms with Crippen LogP contribution in [0, 0.1) is 0 Å². The Bertz CT molecular complexity index is 1250. The third-order valence-electron chi connectivity index (χ3n) is 9.87. The molecule has 0 saturated heterocycles. The number of thiophene rings is 1. The second kappa shape index (κ2) is 14.7. The summed E-state index contributed by atoms with van der Waals surface area (Å²) in [6.07, 6.45) is 9.41. The molecule has 2 heterocycles. The van der Waals surface area contributed by atoms with Crippen LogP contribution >= 0.6 is 11.3 Å². The number of rotatable bonds is 14. The van der Waals surface area contributed by atoms with E-state index >= 15 is 0 Å². The van der Waals surface area contributed by atoms with Gasteiger partial charge in [0.05, 0.1) is 0 Å². The Morgan fingerprint density at radius 2 is 1.12 bits per heavy atom. The third kappa shape index (κ3) is 6.19. The van der Waals surface area contributed by atoms with Crippen LogP contribution in [0.25, 0.3) is 0 Å². The van der Waals surface area contributed by atoms with Crippen molar-refractivity contribution < 1.29 is 0 Å². The molecule has 222 valence electrons. The Morgan fingerprint density at radius 3 is 1.52 bits per heavy atom. The molecule has 0 aliphatic carbocycles. The van der Waals surface area contributed by atoms with Crippen LogP contribution < -0.4 is 2.89 Å². The molecule has 1 nitrogen and oxygen atoms in total. The van der Waals surface area contributed by atoms with Crippen LogP contribution in [0.1, 0.15) is 99.4 Å². The van der Waals surface area contributed by atoms with E-state index in [2.05, 4.69) is 141 Å². The zero-order valence-corrected chi connectivity index (χ0v) is 30.1. The Kier molecular flexibility index (Phi) is 11.1. The summed E-state index contributed by atoms with van der Waals surface area (Å²) in [5.74, 6) is 0. The van der Waals surface area contributed by atoms with Gasteiger partial charge in [-0.05, 0) is 0 Å². The van der Waals surface area contributed by atoms with Crippen LogP contribution in [0.2, 0.25) is 13.3 Å². The van der Waals surface area contributed by atoms with E-state index in [-0.39, 0.29) is 5.54 Å². The number of fused-ring (bicyclic) bond motifs is 1. The fourth-order valence-electron chi connectivity index (χ4n) is 7.61. The van der Waals surface area contributed by atoms with Gasteiger partial charge in [0.2, 0.25) is 0 Å². The van der Waals surface area contributed by atoms with Crippen molar-refractivity contribution in [2.24, 2.45) is 0 Å². The Labute approximate surface area is 264 Å². The quantitative estimate of drug-likeness (QED) is 0.0944. The van der Waals surface area contributed by atoms with E-state index in [1.165, 1.54) is 55.2 Å². The molecule has 42 heavy (non-hydrogen) atoms. The fourth-order valence-corrected chi connectivity index (χ4v) is 28.2. The first-order valence-electron chi connectivity index (χ1n) is 16.7. The van der Waals surface area contributed by atoms with Gasteiger partial charge in [0.25, 0.3) is 0 Å². The summed E-state index contributed by atoms with van der Waals surface area (Å²) < 4.78 is 6.53. The van der Waals surface area contributed by atoms with E-state index in [4.69, 9.17) is 0 Å². The zero-order chi connectivity index (χ0) is 29.4. The number of nitrogens with zero attached hydrogens (tertiary/aromatic N) is 1. The van der Waals surface area contributed by atoms with Crippen molar-refractivity contribution in [1.82, 2.24) is 4.90 Å². The van der Waals surface area contributed by atoms with Gasteiger partial charge < -0.3 is 0 Å². The van der Waals surface area contributed by atoms with Gasteiger partial charge in [-0.2, -0.15) is 0 Å². The molecule has 0 radical (unpaired) electrons. The van der Waals surface area contributed by atoms with E-state index in [0.29, 0.717) is 6.04 Å². The molecule has 1 unspecified atom stereocenters. The first-order valence-corrected chi connectivity index (χ1v) is 25.0. The van der Waals surface area contributed by atoms with E-state index < -0.39 is 18.4 Å². The molecule has 0 saturated carbocycles. The van der Waals surface area contributed by atoms with Gasteiger partial charge in [-0.25, -0.2) is 0 Å². The van der Waals surface area contributed by atoms with Gasteiger partial charge in [0.15, 0.2) is 0 Å². The summed E-state index contributed by atoms with van der Waals surface area (Å²) >= 11 is -0.241. The van der Waals surface area contributed by atoms with Crippen LogP contribution in [0.3, 0.4) is 0 Å². The number of unbranched alkanes of at least 4 members (excludes halogenated alkanes) is 3. The SMILES string of the molecule is CCC[CH2][Sn]([CH2]CCC)([CH2]CCC)[c]1cc2c(s1)C(C)N(C(c1ccccc1)(c1ccccc1)c1ccccc1)CC2. The van der Waals surface area contributed by atoms with Crippen molar-refractivity contribution in [3.8, 4) is 0 Å². The predicted molar refractivity (Wildman–Crippen MR) is 187 cm³/mol. The fraction of sp³-hybridized carbons (Fsp3) is 0.436. The van der Waals surface area contributed by atoms with Crippen LogP contribution in [0.4, 0.5) is 0 Å². The summed E-state index contributed by atoms with van der Waals surface area (Å²) in [5, 5.41) is 0. The standard InChI is InChI=1S/C27H24NS.3C4H9.Sn/c1-21-26-22(18-20-29-26)17-19-28(21)27(23-11-5-2-6-12-23,24-13-7-3-8-14-24)25-15-9-4-10-16-25;3*1-3-4-2;/h2-16,18,21H,17,19H2,1H3;3*1,3-4H2,2H3;. The maximum atomic E-state index is 2.84. The van der Waals surface area contributed by atoms with Gasteiger partial charge in [0, 0.05) is 0 Å². The van der Waals surface area contributed by atoms with Gasteiger partial charge in [0.1, 0.15) is 0 Å². The van der Waals surface area contributed by atoms with Crippen molar-refractivity contribution in [2.75, 3.05) is 6.54 Å². The van der Waals surface area contributed by atoms with Crippen LogP contribution in [0.5, 0.6) is 0 Å². The second-order valence-corrected chi connectivity index (χ2v) is 27.8. The van der Waals surface area contributed by atoms with E-state index in [1.807, 2.05) is 2.89 Å².